The first-order chi connectivity index (χ1) is 13.1. The van der Waals surface area contributed by atoms with Gasteiger partial charge in [-0.3, -0.25) is 0 Å². The zero-order valence-electron chi connectivity index (χ0n) is 18.0. The Kier molecular flexibility index (Phi) is 16.7. The Labute approximate surface area is 204 Å². The van der Waals surface area contributed by atoms with Gasteiger partial charge in [0.05, 0.1) is 10.1 Å². The summed E-state index contributed by atoms with van der Waals surface area (Å²) in [6.07, 6.45) is 6.04. The van der Waals surface area contributed by atoms with Gasteiger partial charge in [0.25, 0.3) is 0 Å². The van der Waals surface area contributed by atoms with Crippen LogP contribution in [0.15, 0.2) is 24.3 Å². The minimum Gasteiger partial charge on any atom is -0.748 e. The number of carbonyl (C=O) groups is 1. The first-order valence-electron chi connectivity index (χ1n) is 9.79. The van der Waals surface area contributed by atoms with E-state index in [1.807, 2.05) is 13.8 Å². The predicted octanol–water partition coefficient (Wildman–Crippen LogP) is 2.33. The molecule has 0 saturated heterocycles. The number of unbranched alkanes of at least 4 members (excludes halogenated alkanes) is 4. The van der Waals surface area contributed by atoms with Crippen molar-refractivity contribution >= 4 is 22.0 Å². The summed E-state index contributed by atoms with van der Waals surface area (Å²) < 4.78 is 42.3. The van der Waals surface area contributed by atoms with Crippen LogP contribution in [0.25, 0.3) is 0 Å². The molecule has 0 spiro atoms. The van der Waals surface area contributed by atoms with Crippen molar-refractivity contribution in [3.05, 3.63) is 24.3 Å². The maximum absolute atomic E-state index is 12.0. The van der Waals surface area contributed by atoms with Gasteiger partial charge in [0, 0.05) is 18.0 Å². The maximum Gasteiger partial charge on any atom is 1.00 e. The number of rotatable bonds is 13. The van der Waals surface area contributed by atoms with Crippen molar-refractivity contribution in [2.45, 2.75) is 78.7 Å². The largest absolute Gasteiger partial charge is 1.00 e. The Bertz CT molecular complexity index is 692. The molecule has 0 aliphatic heterocycles. The first-order valence-corrected chi connectivity index (χ1v) is 11.4. The molecule has 0 heterocycles. The van der Waals surface area contributed by atoms with Gasteiger partial charge in [0.1, 0.15) is 11.4 Å². The van der Waals surface area contributed by atoms with Gasteiger partial charge < -0.3 is 19.3 Å². The Balaban J connectivity index is 0. The molecule has 30 heavy (non-hydrogen) atoms. The summed E-state index contributed by atoms with van der Waals surface area (Å²) in [7, 11) is -4.19. The average Bonchev–Trinajstić information content (AvgIpc) is 2.58. The van der Waals surface area contributed by atoms with E-state index in [1.54, 1.807) is 24.3 Å². The number of hydrogen-bond donors (Lipinski definition) is 1. The number of anilines is 1. The number of hydrogen-bond acceptors (Lipinski definition) is 7. The van der Waals surface area contributed by atoms with Gasteiger partial charge in [-0.05, 0) is 57.4 Å². The molecular weight excluding hydrogens is 417 g/mol. The normalized spacial score (nSPS) is 11.1. The SMILES string of the molecule is C.CCCCCCCC(C)(C)OC(=O)Oc1ccc(NCCCS(=O)(=O)[O-])cc1.[Na+]. The molecule has 0 fully saturated rings. The van der Waals surface area contributed by atoms with Crippen molar-refractivity contribution in [2.75, 3.05) is 17.6 Å². The fourth-order valence-electron chi connectivity index (χ4n) is 2.67. The Morgan fingerprint density at radius 2 is 1.67 bits per heavy atom. The van der Waals surface area contributed by atoms with Crippen molar-refractivity contribution in [1.29, 1.82) is 0 Å². The minimum absolute atomic E-state index is 0. The Hall–Kier alpha value is -0.800. The molecule has 7 nitrogen and oxygen atoms in total. The van der Waals surface area contributed by atoms with Crippen LogP contribution in [0, 0.1) is 0 Å². The Morgan fingerprint density at radius 3 is 2.23 bits per heavy atom. The second kappa shape index (κ2) is 15.9. The second-order valence-corrected chi connectivity index (χ2v) is 8.97. The maximum atomic E-state index is 12.0. The zero-order valence-corrected chi connectivity index (χ0v) is 20.8. The van der Waals surface area contributed by atoms with Crippen LogP contribution in [-0.2, 0) is 14.9 Å². The topological polar surface area (TPSA) is 105 Å². The van der Waals surface area contributed by atoms with Crippen LogP contribution in [-0.4, -0.2) is 37.0 Å². The average molecular weight is 454 g/mol. The molecule has 168 valence electrons. The summed E-state index contributed by atoms with van der Waals surface area (Å²) in [6.45, 7) is 6.29. The van der Waals surface area contributed by atoms with E-state index in [2.05, 4.69) is 12.2 Å². The van der Waals surface area contributed by atoms with Crippen LogP contribution in [0.5, 0.6) is 5.75 Å². The van der Waals surface area contributed by atoms with Gasteiger partial charge in [-0.15, -0.1) is 0 Å². The van der Waals surface area contributed by atoms with E-state index in [1.165, 1.54) is 19.3 Å². The van der Waals surface area contributed by atoms with Gasteiger partial charge in [0.15, 0.2) is 0 Å². The van der Waals surface area contributed by atoms with Gasteiger partial charge in [-0.25, -0.2) is 13.2 Å². The van der Waals surface area contributed by atoms with Gasteiger partial charge in [0.2, 0.25) is 0 Å². The molecule has 0 radical (unpaired) electrons. The van der Waals surface area contributed by atoms with E-state index in [0.29, 0.717) is 12.3 Å². The van der Waals surface area contributed by atoms with Crippen molar-refractivity contribution in [2.24, 2.45) is 0 Å². The number of benzene rings is 1. The molecule has 1 aromatic rings. The van der Waals surface area contributed by atoms with Crippen molar-refractivity contribution < 1.29 is 56.8 Å². The first kappa shape index (κ1) is 31.4. The molecular formula is C21H36NNaO6S. The Morgan fingerprint density at radius 1 is 1.07 bits per heavy atom. The van der Waals surface area contributed by atoms with Gasteiger partial charge >= 0.3 is 35.7 Å². The van der Waals surface area contributed by atoms with Crippen molar-refractivity contribution in [3.63, 3.8) is 0 Å². The standard InChI is InChI=1S/C20H33NO6S.CH4.Na/c1-4-5-6-7-8-14-20(2,3)27-19(22)26-18-12-10-17(11-13-18)21-15-9-16-28(23,24)25;;/h10-13,21H,4-9,14-16H2,1-3H3,(H,23,24,25);1H4;/q;;+1/p-1. The molecule has 0 unspecified atom stereocenters. The summed E-state index contributed by atoms with van der Waals surface area (Å²) in [5.74, 6) is -0.0436. The minimum atomic E-state index is -4.19. The van der Waals surface area contributed by atoms with Crippen LogP contribution < -0.4 is 39.6 Å². The molecule has 9 heteroatoms. The molecule has 0 amide bonds. The molecule has 0 aromatic heterocycles. The molecule has 0 aliphatic rings. The van der Waals surface area contributed by atoms with E-state index in [9.17, 15) is 17.8 Å². The van der Waals surface area contributed by atoms with E-state index >= 15 is 0 Å². The van der Waals surface area contributed by atoms with E-state index in [0.717, 1.165) is 24.9 Å². The molecule has 1 aromatic carbocycles. The van der Waals surface area contributed by atoms with Crippen LogP contribution in [0.4, 0.5) is 10.5 Å². The van der Waals surface area contributed by atoms with Crippen molar-refractivity contribution in [1.82, 2.24) is 0 Å². The molecule has 0 aliphatic carbocycles. The molecule has 0 atom stereocenters. The third-order valence-electron chi connectivity index (χ3n) is 4.20. The fourth-order valence-corrected chi connectivity index (χ4v) is 3.17. The van der Waals surface area contributed by atoms with Crippen LogP contribution in [0.1, 0.15) is 73.1 Å². The van der Waals surface area contributed by atoms with E-state index < -0.39 is 27.6 Å². The third kappa shape index (κ3) is 16.0. The predicted molar refractivity (Wildman–Crippen MR) is 115 cm³/mol. The van der Waals surface area contributed by atoms with E-state index in [4.69, 9.17) is 9.47 Å². The van der Waals surface area contributed by atoms with Crippen LogP contribution >= 0.6 is 0 Å². The molecule has 0 saturated carbocycles. The summed E-state index contributed by atoms with van der Waals surface area (Å²) >= 11 is 0. The second-order valence-electron chi connectivity index (χ2n) is 7.44. The summed E-state index contributed by atoms with van der Waals surface area (Å²) in [4.78, 5) is 12.0. The zero-order chi connectivity index (χ0) is 21.0. The number of ether oxygens (including phenoxy) is 2. The fraction of sp³-hybridized carbons (Fsp3) is 0.667. The molecule has 1 N–H and O–H groups in total. The van der Waals surface area contributed by atoms with E-state index in [-0.39, 0.29) is 43.4 Å². The summed E-state index contributed by atoms with van der Waals surface area (Å²) in [5, 5.41) is 3.00. The quantitative estimate of drug-likeness (QED) is 0.161. The molecule has 1 rings (SSSR count). The molecule has 0 bridgehead atoms. The summed E-state index contributed by atoms with van der Waals surface area (Å²) in [6, 6.07) is 6.64. The smallest absolute Gasteiger partial charge is 0.748 e. The summed E-state index contributed by atoms with van der Waals surface area (Å²) in [5.41, 5.74) is 0.156. The van der Waals surface area contributed by atoms with Gasteiger partial charge in [-0.2, -0.15) is 0 Å². The van der Waals surface area contributed by atoms with Crippen LogP contribution in [0.3, 0.4) is 0 Å². The number of carbonyl (C=O) groups excluding carboxylic acids is 1. The number of nitrogens with one attached hydrogen (secondary N) is 1. The van der Waals surface area contributed by atoms with Crippen molar-refractivity contribution in [3.8, 4) is 5.75 Å². The third-order valence-corrected chi connectivity index (χ3v) is 4.99. The van der Waals surface area contributed by atoms with Gasteiger partial charge in [-0.1, -0.05) is 40.0 Å². The monoisotopic (exact) mass is 453 g/mol. The van der Waals surface area contributed by atoms with Crippen LogP contribution in [0.2, 0.25) is 0 Å².